The second-order valence-electron chi connectivity index (χ2n) is 11.8. The Hall–Kier alpha value is -4.29. The summed E-state index contributed by atoms with van der Waals surface area (Å²) in [5.74, 6) is 0.920. The van der Waals surface area contributed by atoms with Crippen molar-refractivity contribution in [3.05, 3.63) is 88.5 Å². The van der Waals surface area contributed by atoms with E-state index in [2.05, 4.69) is 25.3 Å². The lowest BCUT2D eigenvalue weighted by atomic mass is 9.98. The van der Waals surface area contributed by atoms with Crippen LogP contribution in [0, 0.1) is 13.8 Å². The molecule has 0 unspecified atom stereocenters. The minimum absolute atomic E-state index is 0.0317. The van der Waals surface area contributed by atoms with E-state index in [0.717, 1.165) is 47.7 Å². The molecule has 0 amide bonds. The van der Waals surface area contributed by atoms with Crippen molar-refractivity contribution in [3.8, 4) is 5.82 Å². The molecule has 4 aromatic rings. The summed E-state index contributed by atoms with van der Waals surface area (Å²) in [4.78, 5) is 26.4. The van der Waals surface area contributed by atoms with E-state index in [1.54, 1.807) is 17.9 Å². The van der Waals surface area contributed by atoms with Crippen LogP contribution in [0.4, 0.5) is 30.4 Å². The predicted octanol–water partition coefficient (Wildman–Crippen LogP) is 6.19. The number of hydrogen-bond donors (Lipinski definition) is 1. The zero-order valence-corrected chi connectivity index (χ0v) is 26.9. The third-order valence-corrected chi connectivity index (χ3v) is 8.27. The first kappa shape index (κ1) is 33.1. The molecular formula is C34H40F3N7O2. The van der Waals surface area contributed by atoms with Crippen LogP contribution in [-0.4, -0.2) is 76.4 Å². The van der Waals surface area contributed by atoms with Crippen LogP contribution in [0.15, 0.2) is 54.9 Å². The van der Waals surface area contributed by atoms with Crippen molar-refractivity contribution in [1.82, 2.24) is 24.6 Å². The standard InChI is InChI=1S/C34H40F3N7O2/c1-6-28-19-32(39-21-38-28)44-33(13-23(3)41-44)40-30-14-25(8-7-22(30)2)15-31(45)26-16-27(34(35,36)37)18-29(17-26)43-10-9-42(11-12-46-5)20-24(43)4/h7-8,13-14,16-19,21,24,40H,6,9-12,15,20H2,1-5H3/t24-/m0/s1. The van der Waals surface area contributed by atoms with Gasteiger partial charge < -0.3 is 15.0 Å². The predicted molar refractivity (Wildman–Crippen MR) is 172 cm³/mol. The highest BCUT2D eigenvalue weighted by Crippen LogP contribution is 2.35. The molecule has 5 rings (SSSR count). The van der Waals surface area contributed by atoms with Crippen LogP contribution >= 0.6 is 0 Å². The van der Waals surface area contributed by atoms with Gasteiger partial charge in [-0.2, -0.15) is 23.0 Å². The number of halogens is 3. The average molecular weight is 636 g/mol. The molecule has 244 valence electrons. The summed E-state index contributed by atoms with van der Waals surface area (Å²) in [6.45, 7) is 11.1. The van der Waals surface area contributed by atoms with E-state index < -0.39 is 11.7 Å². The number of benzene rings is 2. The van der Waals surface area contributed by atoms with Crippen molar-refractivity contribution in [2.75, 3.05) is 50.1 Å². The Labute approximate surface area is 267 Å². The molecule has 12 heteroatoms. The van der Waals surface area contributed by atoms with Crippen LogP contribution in [0.2, 0.25) is 0 Å². The molecule has 0 bridgehead atoms. The fourth-order valence-corrected chi connectivity index (χ4v) is 5.74. The second kappa shape index (κ2) is 14.0. The van der Waals surface area contributed by atoms with Gasteiger partial charge in [0.15, 0.2) is 11.6 Å². The zero-order valence-electron chi connectivity index (χ0n) is 26.9. The van der Waals surface area contributed by atoms with Crippen molar-refractivity contribution in [1.29, 1.82) is 0 Å². The van der Waals surface area contributed by atoms with Gasteiger partial charge in [-0.3, -0.25) is 9.69 Å². The summed E-state index contributed by atoms with van der Waals surface area (Å²) in [6.07, 6.45) is -2.38. The van der Waals surface area contributed by atoms with Gasteiger partial charge in [-0.25, -0.2) is 9.97 Å². The van der Waals surface area contributed by atoms with Gasteiger partial charge in [-0.1, -0.05) is 19.1 Å². The summed E-state index contributed by atoms with van der Waals surface area (Å²) in [5, 5.41) is 8.01. The molecule has 9 nitrogen and oxygen atoms in total. The van der Waals surface area contributed by atoms with Gasteiger partial charge in [0.1, 0.15) is 12.1 Å². The van der Waals surface area contributed by atoms with Gasteiger partial charge in [0, 0.05) is 80.5 Å². The number of carbonyl (C=O) groups excluding carboxylic acids is 1. The first-order valence-electron chi connectivity index (χ1n) is 15.4. The lowest BCUT2D eigenvalue weighted by Gasteiger charge is -2.41. The smallest absolute Gasteiger partial charge is 0.383 e. The number of piperazine rings is 1. The van der Waals surface area contributed by atoms with Crippen LogP contribution in [0.5, 0.6) is 0 Å². The number of ether oxygens (including phenoxy) is 1. The van der Waals surface area contributed by atoms with Crippen molar-refractivity contribution < 1.29 is 22.7 Å². The third-order valence-electron chi connectivity index (χ3n) is 8.27. The molecule has 0 saturated carbocycles. The highest BCUT2D eigenvalue weighted by Gasteiger charge is 2.33. The summed E-state index contributed by atoms with van der Waals surface area (Å²) < 4.78 is 49.0. The van der Waals surface area contributed by atoms with E-state index >= 15 is 0 Å². The molecular weight excluding hydrogens is 595 g/mol. The Morgan fingerprint density at radius 2 is 1.87 bits per heavy atom. The third kappa shape index (κ3) is 7.73. The number of ketones is 1. The number of methoxy groups -OCH3 is 1. The molecule has 0 aliphatic carbocycles. The zero-order chi connectivity index (χ0) is 33.0. The number of alkyl halides is 3. The number of nitrogens with one attached hydrogen (secondary N) is 1. The molecule has 1 atom stereocenters. The van der Waals surface area contributed by atoms with Crippen molar-refractivity contribution in [3.63, 3.8) is 0 Å². The van der Waals surface area contributed by atoms with Crippen molar-refractivity contribution >= 4 is 23.0 Å². The summed E-state index contributed by atoms with van der Waals surface area (Å²) >= 11 is 0. The number of Topliss-reactive ketones (excluding diaryl/α,β-unsaturated/α-hetero) is 1. The van der Waals surface area contributed by atoms with Crippen molar-refractivity contribution in [2.24, 2.45) is 0 Å². The molecule has 1 fully saturated rings. The van der Waals surface area contributed by atoms with Crippen LogP contribution in [0.25, 0.3) is 5.82 Å². The topological polar surface area (TPSA) is 88.4 Å². The SMILES string of the molecule is CCc1cc(-n2nc(C)cc2Nc2cc(CC(=O)c3cc(N4CCN(CCOC)C[C@@H]4C)cc(C(F)(F)F)c3)ccc2C)ncn1. The van der Waals surface area contributed by atoms with Crippen molar-refractivity contribution in [2.45, 2.75) is 52.8 Å². The summed E-state index contributed by atoms with van der Waals surface area (Å²) in [5.41, 5.74) is 3.65. The molecule has 0 spiro atoms. The lowest BCUT2D eigenvalue weighted by Crippen LogP contribution is -2.52. The highest BCUT2D eigenvalue weighted by atomic mass is 19.4. The van der Waals surface area contributed by atoms with E-state index in [9.17, 15) is 18.0 Å². The van der Waals surface area contributed by atoms with Gasteiger partial charge in [0.05, 0.1) is 17.9 Å². The van der Waals surface area contributed by atoms with Crippen LogP contribution < -0.4 is 10.2 Å². The minimum Gasteiger partial charge on any atom is -0.383 e. The average Bonchev–Trinajstić information content (AvgIpc) is 3.40. The van der Waals surface area contributed by atoms with Gasteiger partial charge in [0.25, 0.3) is 0 Å². The summed E-state index contributed by atoms with van der Waals surface area (Å²) in [7, 11) is 1.65. The highest BCUT2D eigenvalue weighted by molar-refractivity contribution is 5.98. The Kier molecular flexibility index (Phi) is 10.1. The first-order chi connectivity index (χ1) is 21.9. The molecule has 3 heterocycles. The van der Waals surface area contributed by atoms with E-state index in [1.807, 2.05) is 62.9 Å². The number of hydrogen-bond acceptors (Lipinski definition) is 8. The number of nitrogens with zero attached hydrogens (tertiary/aromatic N) is 6. The first-order valence-corrected chi connectivity index (χ1v) is 15.4. The number of aromatic nitrogens is 4. The van der Waals surface area contributed by atoms with Crippen LogP contribution in [0.1, 0.15) is 52.3 Å². The molecule has 0 radical (unpaired) electrons. The van der Waals surface area contributed by atoms with Crippen LogP contribution in [-0.2, 0) is 23.8 Å². The lowest BCUT2D eigenvalue weighted by molar-refractivity contribution is -0.137. The Morgan fingerprint density at radius 3 is 2.59 bits per heavy atom. The van der Waals surface area contributed by atoms with Gasteiger partial charge in [-0.15, -0.1) is 0 Å². The van der Waals surface area contributed by atoms with Gasteiger partial charge in [0.2, 0.25) is 0 Å². The Balaban J connectivity index is 1.38. The molecule has 1 N–H and O–H groups in total. The quantitative estimate of drug-likeness (QED) is 0.196. The molecule has 1 aliphatic rings. The largest absolute Gasteiger partial charge is 0.416 e. The fraction of sp³-hybridized carbons (Fsp3) is 0.412. The molecule has 46 heavy (non-hydrogen) atoms. The normalized spacial score (nSPS) is 15.7. The van der Waals surface area contributed by atoms with E-state index in [4.69, 9.17) is 4.74 Å². The minimum atomic E-state index is -4.59. The second-order valence-corrected chi connectivity index (χ2v) is 11.8. The van der Waals surface area contributed by atoms with Crippen LogP contribution in [0.3, 0.4) is 0 Å². The maximum Gasteiger partial charge on any atom is 0.416 e. The monoisotopic (exact) mass is 635 g/mol. The fourth-order valence-electron chi connectivity index (χ4n) is 5.74. The van der Waals surface area contributed by atoms with E-state index in [1.165, 1.54) is 6.33 Å². The maximum absolute atomic E-state index is 14.0. The van der Waals surface area contributed by atoms with Gasteiger partial charge in [-0.05, 0) is 62.6 Å². The molecule has 1 saturated heterocycles. The molecule has 2 aromatic heterocycles. The van der Waals surface area contributed by atoms with E-state index in [-0.39, 0.29) is 23.8 Å². The maximum atomic E-state index is 14.0. The Morgan fingerprint density at radius 1 is 1.07 bits per heavy atom. The molecule has 2 aromatic carbocycles. The van der Waals surface area contributed by atoms with Gasteiger partial charge >= 0.3 is 6.18 Å². The Bertz CT molecular complexity index is 1690. The molecule has 1 aliphatic heterocycles. The number of anilines is 3. The number of rotatable bonds is 11. The number of aryl methyl sites for hydroxylation is 3. The van der Waals surface area contributed by atoms with E-state index in [0.29, 0.717) is 49.1 Å². The summed E-state index contributed by atoms with van der Waals surface area (Å²) in [6, 6.07) is 13.0. The number of carbonyl (C=O) groups is 1.